The number of hydrogen-bond donors (Lipinski definition) is 2. The van der Waals surface area contributed by atoms with Crippen molar-refractivity contribution in [3.8, 4) is 0 Å². The Bertz CT molecular complexity index is 1050. The third-order valence-corrected chi connectivity index (χ3v) is 6.63. The lowest BCUT2D eigenvalue weighted by Crippen LogP contribution is -2.32. The van der Waals surface area contributed by atoms with Gasteiger partial charge in [-0.2, -0.15) is 18.2 Å². The molecule has 0 amide bonds. The molecule has 1 saturated carbocycles. The van der Waals surface area contributed by atoms with Gasteiger partial charge in [0.05, 0.1) is 6.20 Å². The van der Waals surface area contributed by atoms with Crippen LogP contribution in [0.3, 0.4) is 0 Å². The zero-order chi connectivity index (χ0) is 20.2. The first kappa shape index (κ1) is 18.6. The molecule has 3 aromatic heterocycles. The Morgan fingerprint density at radius 1 is 1.24 bits per heavy atom. The fraction of sp³-hybridized carbons (Fsp3) is 0.444. The van der Waals surface area contributed by atoms with Crippen LogP contribution in [0.5, 0.6) is 0 Å². The molecule has 0 spiro atoms. The van der Waals surface area contributed by atoms with Crippen LogP contribution in [0.15, 0.2) is 34.4 Å². The number of alkyl halides is 3. The van der Waals surface area contributed by atoms with Gasteiger partial charge in [-0.1, -0.05) is 11.8 Å². The molecule has 5 rings (SSSR count). The van der Waals surface area contributed by atoms with E-state index >= 15 is 0 Å². The van der Waals surface area contributed by atoms with E-state index in [1.54, 1.807) is 0 Å². The van der Waals surface area contributed by atoms with Crippen LogP contribution in [-0.2, 0) is 6.18 Å². The summed E-state index contributed by atoms with van der Waals surface area (Å²) >= 11 is 0.874. The van der Waals surface area contributed by atoms with Gasteiger partial charge in [-0.3, -0.25) is 4.98 Å². The maximum Gasteiger partial charge on any atom is 0.434 e. The van der Waals surface area contributed by atoms with Gasteiger partial charge in [0, 0.05) is 24.2 Å². The number of nitrogens with zero attached hydrogens (tertiary/aromatic N) is 5. The Hall–Kier alpha value is -2.40. The van der Waals surface area contributed by atoms with Gasteiger partial charge < -0.3 is 15.6 Å². The number of fused-ring (bicyclic) bond motifs is 2. The largest absolute Gasteiger partial charge is 0.434 e. The molecule has 3 N–H and O–H groups in total. The molecule has 1 aliphatic heterocycles. The molecule has 0 bridgehead atoms. The minimum absolute atomic E-state index is 0.0203. The SMILES string of the molecule is NCC1C2CCN(c3nc4nc(Sc5cccnc5C(F)(F)F)cnc4[nH]3)CC12. The van der Waals surface area contributed by atoms with Crippen molar-refractivity contribution in [1.29, 1.82) is 0 Å². The summed E-state index contributed by atoms with van der Waals surface area (Å²) in [7, 11) is 0. The van der Waals surface area contributed by atoms with Gasteiger partial charge in [0.15, 0.2) is 17.0 Å². The van der Waals surface area contributed by atoms with Crippen LogP contribution in [-0.4, -0.2) is 44.6 Å². The summed E-state index contributed by atoms with van der Waals surface area (Å²) in [4.78, 5) is 22.0. The van der Waals surface area contributed by atoms with Gasteiger partial charge in [0.1, 0.15) is 5.03 Å². The number of aromatic amines is 1. The number of pyridine rings is 1. The number of hydrogen-bond acceptors (Lipinski definition) is 7. The van der Waals surface area contributed by atoms with Crippen LogP contribution in [0.25, 0.3) is 11.3 Å². The first-order valence-electron chi connectivity index (χ1n) is 9.32. The van der Waals surface area contributed by atoms with Crippen molar-refractivity contribution < 1.29 is 13.2 Å². The summed E-state index contributed by atoms with van der Waals surface area (Å²) < 4.78 is 39.5. The number of aromatic nitrogens is 5. The minimum Gasteiger partial charge on any atom is -0.342 e. The molecule has 4 heterocycles. The molecule has 3 atom stereocenters. The molecule has 29 heavy (non-hydrogen) atoms. The summed E-state index contributed by atoms with van der Waals surface area (Å²) in [6.45, 7) is 2.52. The standard InChI is InChI=1S/C18H18F3N7S/c19-18(20,21)14-12(2-1-4-23-14)29-13-7-24-15-16(25-13)27-17(26-15)28-5-3-9-10(6-22)11(9)8-28/h1-2,4,7,9-11H,3,5-6,8,22H2,(H,24,25,26,27). The second-order valence-electron chi connectivity index (χ2n) is 7.35. The molecule has 2 fully saturated rings. The smallest absolute Gasteiger partial charge is 0.342 e. The van der Waals surface area contributed by atoms with E-state index in [2.05, 4.69) is 29.8 Å². The van der Waals surface area contributed by atoms with Crippen molar-refractivity contribution >= 4 is 29.0 Å². The van der Waals surface area contributed by atoms with E-state index in [-0.39, 0.29) is 4.90 Å². The lowest BCUT2D eigenvalue weighted by molar-refractivity contribution is -0.143. The highest BCUT2D eigenvalue weighted by molar-refractivity contribution is 7.99. The topological polar surface area (TPSA) is 96.6 Å². The molecule has 0 aromatic carbocycles. The summed E-state index contributed by atoms with van der Waals surface area (Å²) in [5, 5.41) is 0.332. The van der Waals surface area contributed by atoms with Crippen LogP contribution < -0.4 is 10.6 Å². The molecular weight excluding hydrogens is 403 g/mol. The van der Waals surface area contributed by atoms with Gasteiger partial charge in [0.25, 0.3) is 0 Å². The number of H-pyrrole nitrogens is 1. The molecule has 3 unspecified atom stereocenters. The Labute approximate surface area is 168 Å². The minimum atomic E-state index is -4.53. The second kappa shape index (κ2) is 6.84. The Kier molecular flexibility index (Phi) is 4.39. The highest BCUT2D eigenvalue weighted by Crippen LogP contribution is 2.51. The van der Waals surface area contributed by atoms with Crippen molar-refractivity contribution in [1.82, 2.24) is 24.9 Å². The van der Waals surface area contributed by atoms with Gasteiger partial charge >= 0.3 is 6.18 Å². The average Bonchev–Trinajstić information content (AvgIpc) is 3.24. The van der Waals surface area contributed by atoms with Crippen molar-refractivity contribution in [2.45, 2.75) is 22.5 Å². The lowest BCUT2D eigenvalue weighted by Gasteiger charge is -2.25. The molecular formula is C18H18F3N7S. The molecule has 0 radical (unpaired) electrons. The number of anilines is 1. The predicted octanol–water partition coefficient (Wildman–Crippen LogP) is 2.95. The first-order valence-corrected chi connectivity index (χ1v) is 10.1. The normalized spacial score (nSPS) is 24.0. The average molecular weight is 421 g/mol. The fourth-order valence-corrected chi connectivity index (χ4v) is 5.05. The molecule has 11 heteroatoms. The predicted molar refractivity (Wildman–Crippen MR) is 101 cm³/mol. The Balaban J connectivity index is 1.38. The highest BCUT2D eigenvalue weighted by Gasteiger charge is 2.51. The zero-order valence-electron chi connectivity index (χ0n) is 15.2. The number of rotatable bonds is 4. The quantitative estimate of drug-likeness (QED) is 0.669. The van der Waals surface area contributed by atoms with E-state index < -0.39 is 11.9 Å². The zero-order valence-corrected chi connectivity index (χ0v) is 16.0. The number of halogens is 3. The molecule has 7 nitrogen and oxygen atoms in total. The molecule has 2 aliphatic rings. The van der Waals surface area contributed by atoms with E-state index in [9.17, 15) is 13.2 Å². The maximum atomic E-state index is 13.2. The van der Waals surface area contributed by atoms with Crippen molar-refractivity contribution in [2.24, 2.45) is 23.5 Å². The second-order valence-corrected chi connectivity index (χ2v) is 8.42. The van der Waals surface area contributed by atoms with Gasteiger partial charge in [-0.05, 0) is 42.9 Å². The molecule has 1 aliphatic carbocycles. The lowest BCUT2D eigenvalue weighted by atomic mass is 10.1. The number of nitrogens with two attached hydrogens (primary N) is 1. The third-order valence-electron chi connectivity index (χ3n) is 5.67. The van der Waals surface area contributed by atoms with Crippen LogP contribution in [0.2, 0.25) is 0 Å². The number of piperidine rings is 1. The number of imidazole rings is 1. The Morgan fingerprint density at radius 3 is 2.90 bits per heavy atom. The van der Waals surface area contributed by atoms with Crippen LogP contribution >= 0.6 is 11.8 Å². The monoisotopic (exact) mass is 421 g/mol. The van der Waals surface area contributed by atoms with E-state index in [1.807, 2.05) is 0 Å². The summed E-state index contributed by atoms with van der Waals surface area (Å²) in [5.41, 5.74) is 5.78. The highest BCUT2D eigenvalue weighted by atomic mass is 32.2. The Morgan fingerprint density at radius 2 is 2.10 bits per heavy atom. The fourth-order valence-electron chi connectivity index (χ4n) is 4.18. The van der Waals surface area contributed by atoms with Crippen LogP contribution in [0.4, 0.5) is 19.1 Å². The van der Waals surface area contributed by atoms with Crippen LogP contribution in [0.1, 0.15) is 12.1 Å². The van der Waals surface area contributed by atoms with Gasteiger partial charge in [0.2, 0.25) is 5.95 Å². The van der Waals surface area contributed by atoms with Crippen LogP contribution in [0, 0.1) is 17.8 Å². The van der Waals surface area contributed by atoms with E-state index in [0.717, 1.165) is 49.9 Å². The molecule has 3 aromatic rings. The van der Waals surface area contributed by atoms with Gasteiger partial charge in [-0.25, -0.2) is 9.97 Å². The van der Waals surface area contributed by atoms with Crippen molar-refractivity contribution in [3.63, 3.8) is 0 Å². The first-order chi connectivity index (χ1) is 13.9. The van der Waals surface area contributed by atoms with E-state index in [1.165, 1.54) is 18.3 Å². The molecule has 152 valence electrons. The number of nitrogens with one attached hydrogen (secondary N) is 1. The molecule has 1 saturated heterocycles. The summed E-state index contributed by atoms with van der Waals surface area (Å²) in [6.07, 6.45) is -0.872. The van der Waals surface area contributed by atoms with E-state index in [0.29, 0.717) is 34.1 Å². The summed E-state index contributed by atoms with van der Waals surface area (Å²) in [5.74, 6) is 2.63. The third kappa shape index (κ3) is 3.42. The van der Waals surface area contributed by atoms with Gasteiger partial charge in [-0.15, -0.1) is 0 Å². The van der Waals surface area contributed by atoms with Crippen molar-refractivity contribution in [2.75, 3.05) is 24.5 Å². The summed E-state index contributed by atoms with van der Waals surface area (Å²) in [6, 6.07) is 2.84. The maximum absolute atomic E-state index is 13.2. The van der Waals surface area contributed by atoms with Crippen molar-refractivity contribution in [3.05, 3.63) is 30.2 Å². The van der Waals surface area contributed by atoms with E-state index in [4.69, 9.17) is 5.73 Å².